The lowest BCUT2D eigenvalue weighted by atomic mass is 10.2. The Morgan fingerprint density at radius 3 is 2.53 bits per heavy atom. The van der Waals surface area contributed by atoms with Gasteiger partial charge in [-0.05, 0) is 6.92 Å². The van der Waals surface area contributed by atoms with Crippen molar-refractivity contribution in [3.05, 3.63) is 21.6 Å². The van der Waals surface area contributed by atoms with Crippen LogP contribution in [0.1, 0.15) is 11.3 Å². The second kappa shape index (κ2) is 3.47. The Labute approximate surface area is 92.0 Å². The lowest BCUT2D eigenvalue weighted by molar-refractivity contribution is -0.141. The number of methoxy groups -OCH3 is 1. The van der Waals surface area contributed by atoms with Crippen molar-refractivity contribution in [2.75, 3.05) is 7.11 Å². The molecule has 2 aromatic rings. The average molecular weight is 248 g/mol. The molecule has 1 N–H and O–H groups in total. The zero-order chi connectivity index (χ0) is 12.8. The van der Waals surface area contributed by atoms with Gasteiger partial charge in [0.1, 0.15) is 0 Å². The van der Waals surface area contributed by atoms with Gasteiger partial charge in [-0.2, -0.15) is 22.7 Å². The first-order chi connectivity index (χ1) is 7.84. The van der Waals surface area contributed by atoms with Crippen molar-refractivity contribution < 1.29 is 17.9 Å². The molecular formula is C8H7F3N4O2. The molecule has 6 nitrogen and oxygen atoms in total. The van der Waals surface area contributed by atoms with Crippen LogP contribution in [-0.2, 0) is 6.18 Å². The van der Waals surface area contributed by atoms with Crippen molar-refractivity contribution in [2.24, 2.45) is 0 Å². The zero-order valence-electron chi connectivity index (χ0n) is 8.79. The molecule has 0 radical (unpaired) electrons. The highest BCUT2D eigenvalue weighted by Crippen LogP contribution is 2.28. The van der Waals surface area contributed by atoms with Crippen LogP contribution >= 0.6 is 0 Å². The number of hydrogen-bond donors (Lipinski definition) is 1. The number of nitrogens with one attached hydrogen (secondary N) is 1. The minimum absolute atomic E-state index is 0.0895. The molecule has 0 aliphatic carbocycles. The molecule has 0 amide bonds. The van der Waals surface area contributed by atoms with Gasteiger partial charge in [-0.25, -0.2) is 10.1 Å². The van der Waals surface area contributed by atoms with Gasteiger partial charge in [0, 0.05) is 5.56 Å². The van der Waals surface area contributed by atoms with Gasteiger partial charge in [-0.1, -0.05) is 0 Å². The highest BCUT2D eigenvalue weighted by Gasteiger charge is 2.36. The summed E-state index contributed by atoms with van der Waals surface area (Å²) >= 11 is 0. The van der Waals surface area contributed by atoms with E-state index in [0.717, 1.165) is 11.4 Å². The van der Waals surface area contributed by atoms with Crippen LogP contribution in [0.25, 0.3) is 5.78 Å². The molecule has 0 aliphatic rings. The van der Waals surface area contributed by atoms with E-state index < -0.39 is 23.0 Å². The summed E-state index contributed by atoms with van der Waals surface area (Å²) < 4.78 is 43.2. The van der Waals surface area contributed by atoms with Gasteiger partial charge in [-0.3, -0.25) is 4.79 Å². The first-order valence-corrected chi connectivity index (χ1v) is 4.45. The van der Waals surface area contributed by atoms with Gasteiger partial charge >= 0.3 is 12.2 Å². The summed E-state index contributed by atoms with van der Waals surface area (Å²) in [7, 11) is 1.26. The summed E-state index contributed by atoms with van der Waals surface area (Å²) in [6, 6.07) is -0.0895. The predicted octanol–water partition coefficient (Wildman–Crippen LogP) is 0.753. The second-order valence-electron chi connectivity index (χ2n) is 3.26. The molecule has 17 heavy (non-hydrogen) atoms. The topological polar surface area (TPSA) is 72.3 Å². The monoisotopic (exact) mass is 248 g/mol. The van der Waals surface area contributed by atoms with E-state index in [-0.39, 0.29) is 11.8 Å². The van der Waals surface area contributed by atoms with Crippen LogP contribution < -0.4 is 10.3 Å². The molecule has 0 spiro atoms. The predicted molar refractivity (Wildman–Crippen MR) is 49.9 cm³/mol. The maximum atomic E-state index is 12.6. The Balaban J connectivity index is 2.82. The Morgan fingerprint density at radius 2 is 2.00 bits per heavy atom. The number of aromatic nitrogens is 4. The Bertz CT molecular complexity index is 628. The van der Waals surface area contributed by atoms with E-state index in [4.69, 9.17) is 0 Å². The fraction of sp³-hybridized carbons (Fsp3) is 0.375. The van der Waals surface area contributed by atoms with Crippen molar-refractivity contribution in [1.82, 2.24) is 19.6 Å². The number of halogens is 3. The highest BCUT2D eigenvalue weighted by atomic mass is 19.4. The summed E-state index contributed by atoms with van der Waals surface area (Å²) in [4.78, 5) is 18.5. The molecule has 0 saturated heterocycles. The van der Waals surface area contributed by atoms with Crippen molar-refractivity contribution in [1.29, 1.82) is 0 Å². The van der Waals surface area contributed by atoms with Crippen LogP contribution in [0, 0.1) is 6.92 Å². The molecule has 0 atom stereocenters. The largest absolute Gasteiger partial charge is 0.467 e. The highest BCUT2D eigenvalue weighted by molar-refractivity contribution is 5.34. The number of nitrogens with zero attached hydrogens (tertiary/aromatic N) is 3. The summed E-state index contributed by atoms with van der Waals surface area (Å²) in [6.07, 6.45) is -4.69. The van der Waals surface area contributed by atoms with Gasteiger partial charge in [0.15, 0.2) is 5.69 Å². The van der Waals surface area contributed by atoms with E-state index in [1.807, 2.05) is 0 Å². The number of rotatable bonds is 1. The van der Waals surface area contributed by atoms with Gasteiger partial charge in [-0.15, -0.1) is 0 Å². The zero-order valence-corrected chi connectivity index (χ0v) is 8.79. The van der Waals surface area contributed by atoms with Crippen molar-refractivity contribution >= 4 is 5.78 Å². The van der Waals surface area contributed by atoms with Crippen molar-refractivity contribution in [2.45, 2.75) is 13.1 Å². The molecule has 9 heteroatoms. The molecule has 92 valence electrons. The molecule has 2 rings (SSSR count). The second-order valence-corrected chi connectivity index (χ2v) is 3.26. The van der Waals surface area contributed by atoms with Gasteiger partial charge in [0.05, 0.1) is 7.11 Å². The summed E-state index contributed by atoms with van der Waals surface area (Å²) in [6.45, 7) is 1.05. The molecule has 0 aliphatic heterocycles. The van der Waals surface area contributed by atoms with Crippen molar-refractivity contribution in [3.63, 3.8) is 0 Å². The van der Waals surface area contributed by atoms with E-state index in [2.05, 4.69) is 19.8 Å². The van der Waals surface area contributed by atoms with E-state index in [9.17, 15) is 18.0 Å². The summed E-state index contributed by atoms with van der Waals surface area (Å²) in [5.41, 5.74) is -2.60. The Hall–Kier alpha value is -2.06. The van der Waals surface area contributed by atoms with E-state index in [1.54, 1.807) is 0 Å². The number of H-pyrrole nitrogens is 1. The van der Waals surface area contributed by atoms with E-state index >= 15 is 0 Å². The van der Waals surface area contributed by atoms with Crippen LogP contribution in [0.4, 0.5) is 13.2 Å². The van der Waals surface area contributed by atoms with Crippen LogP contribution in [0.15, 0.2) is 4.79 Å². The molecule has 0 bridgehead atoms. The fourth-order valence-electron chi connectivity index (χ4n) is 1.35. The van der Waals surface area contributed by atoms with Crippen LogP contribution in [-0.4, -0.2) is 26.7 Å². The fourth-order valence-corrected chi connectivity index (χ4v) is 1.35. The molecule has 0 unspecified atom stereocenters. The van der Waals surface area contributed by atoms with Crippen LogP contribution in [0.3, 0.4) is 0 Å². The third-order valence-electron chi connectivity index (χ3n) is 2.16. The Kier molecular flexibility index (Phi) is 2.33. The standard InChI is InChI=1S/C8H7F3N4O2/c1-3-4(8(9,10)11)12-6-13-7(17-2)14-15(6)5(3)16/h1-2H3,(H,12,13,14). The number of hydrogen-bond acceptors (Lipinski definition) is 4. The number of fused-ring (bicyclic) bond motifs is 1. The van der Waals surface area contributed by atoms with Gasteiger partial charge in [0.25, 0.3) is 11.3 Å². The third-order valence-corrected chi connectivity index (χ3v) is 2.16. The van der Waals surface area contributed by atoms with Crippen LogP contribution in [0.5, 0.6) is 6.01 Å². The smallest absolute Gasteiger partial charge is 0.433 e. The molecule has 0 aromatic carbocycles. The maximum absolute atomic E-state index is 12.6. The summed E-state index contributed by atoms with van der Waals surface area (Å²) in [5.74, 6) is -0.384. The van der Waals surface area contributed by atoms with Crippen molar-refractivity contribution in [3.8, 4) is 6.01 Å². The quantitative estimate of drug-likeness (QED) is 0.808. The molecule has 0 saturated carbocycles. The van der Waals surface area contributed by atoms with E-state index in [0.29, 0.717) is 0 Å². The van der Waals surface area contributed by atoms with Gasteiger partial charge in [0.2, 0.25) is 0 Å². The van der Waals surface area contributed by atoms with Gasteiger partial charge < -0.3 is 4.74 Å². The first kappa shape index (κ1) is 11.4. The van der Waals surface area contributed by atoms with Crippen LogP contribution in [0.2, 0.25) is 0 Å². The Morgan fingerprint density at radius 1 is 1.35 bits per heavy atom. The lowest BCUT2D eigenvalue weighted by Gasteiger charge is -2.07. The number of ether oxygens (including phenoxy) is 1. The maximum Gasteiger partial charge on any atom is 0.433 e. The average Bonchev–Trinajstić information content (AvgIpc) is 2.65. The molecular weight excluding hydrogens is 241 g/mol. The molecule has 0 fully saturated rings. The summed E-state index contributed by atoms with van der Waals surface area (Å²) in [5, 5.41) is 2.37. The third kappa shape index (κ3) is 1.73. The lowest BCUT2D eigenvalue weighted by Crippen LogP contribution is -2.24. The SMILES string of the molecule is COc1nc2nc(C(F)(F)F)c(C)c(=O)n2[nH]1. The first-order valence-electron chi connectivity index (χ1n) is 4.45. The minimum atomic E-state index is -4.69. The number of aromatic amines is 1. The minimum Gasteiger partial charge on any atom is -0.467 e. The normalized spacial score (nSPS) is 12.1. The number of alkyl halides is 3. The molecule has 2 heterocycles. The molecule has 2 aromatic heterocycles. The van der Waals surface area contributed by atoms with E-state index in [1.165, 1.54) is 7.11 Å².